The van der Waals surface area contributed by atoms with Crippen LogP contribution < -0.4 is 15.1 Å². The van der Waals surface area contributed by atoms with Crippen molar-refractivity contribution in [2.24, 2.45) is 0 Å². The molecule has 2 aliphatic heterocycles. The summed E-state index contributed by atoms with van der Waals surface area (Å²) in [5.74, 6) is 1.94. The molecule has 0 bridgehead atoms. The first-order valence-electron chi connectivity index (χ1n) is 12.8. The van der Waals surface area contributed by atoms with Gasteiger partial charge in [0.1, 0.15) is 6.33 Å². The molecule has 10 nitrogen and oxygen atoms in total. The summed E-state index contributed by atoms with van der Waals surface area (Å²) in [6, 6.07) is 18.3. The Bertz CT molecular complexity index is 1280. The number of nitrogens with zero attached hydrogens (tertiary/aromatic N) is 7. The van der Waals surface area contributed by atoms with E-state index in [2.05, 4.69) is 39.2 Å². The average molecular weight is 503 g/mol. The van der Waals surface area contributed by atoms with Crippen molar-refractivity contribution in [3.63, 3.8) is 0 Å². The van der Waals surface area contributed by atoms with Crippen molar-refractivity contribution in [3.05, 3.63) is 66.5 Å². The summed E-state index contributed by atoms with van der Waals surface area (Å²) in [7, 11) is 1.95. The molecule has 2 aromatic heterocycles. The van der Waals surface area contributed by atoms with E-state index in [0.717, 1.165) is 43.8 Å². The Hall–Kier alpha value is -3.60. The number of imidazole rings is 1. The number of hydrogen-bond acceptors (Lipinski definition) is 9. The molecule has 0 radical (unpaired) electrons. The van der Waals surface area contributed by atoms with Crippen molar-refractivity contribution in [2.45, 2.75) is 19.6 Å². The molecule has 0 aliphatic carbocycles. The minimum absolute atomic E-state index is 0.148. The van der Waals surface area contributed by atoms with E-state index in [4.69, 9.17) is 24.4 Å². The highest BCUT2D eigenvalue weighted by atomic mass is 16.5. The second-order valence-electron chi connectivity index (χ2n) is 9.08. The summed E-state index contributed by atoms with van der Waals surface area (Å²) in [6.45, 7) is 8.13. The number of ether oxygens (including phenoxy) is 2. The van der Waals surface area contributed by atoms with E-state index in [1.807, 2.05) is 54.1 Å². The predicted octanol–water partition coefficient (Wildman–Crippen LogP) is 2.68. The predicted molar refractivity (Wildman–Crippen MR) is 144 cm³/mol. The van der Waals surface area contributed by atoms with E-state index in [-0.39, 0.29) is 6.10 Å². The zero-order valence-electron chi connectivity index (χ0n) is 21.5. The number of rotatable bonds is 5. The summed E-state index contributed by atoms with van der Waals surface area (Å²) in [5, 5.41) is 3.08. The maximum absolute atomic E-state index is 5.68. The standard InChI is InChI=1S/C19H23N7O2.C8H11N/c1-14-12-25(8-11-28-14)18-21-17(24-6-9-27-10-7-24)22-19(23-18)26-13-20-15-4-2-3-5-16(15)26;1-9-7-8-5-3-2-4-6-8/h2-5,13-14H,6-12H2,1H3;2-6,9H,7H2,1H3. The van der Waals surface area contributed by atoms with E-state index in [9.17, 15) is 0 Å². The second kappa shape index (κ2) is 12.1. The van der Waals surface area contributed by atoms with Crippen LogP contribution in [-0.2, 0) is 16.0 Å². The highest BCUT2D eigenvalue weighted by Crippen LogP contribution is 2.22. The minimum Gasteiger partial charge on any atom is -0.378 e. The van der Waals surface area contributed by atoms with Gasteiger partial charge in [0.2, 0.25) is 17.8 Å². The molecule has 1 atom stereocenters. The van der Waals surface area contributed by atoms with Crippen molar-refractivity contribution >= 4 is 22.9 Å². The zero-order valence-corrected chi connectivity index (χ0v) is 21.5. The van der Waals surface area contributed by atoms with Crippen molar-refractivity contribution in [2.75, 3.05) is 62.8 Å². The summed E-state index contributed by atoms with van der Waals surface area (Å²) < 4.78 is 13.1. The van der Waals surface area contributed by atoms with Gasteiger partial charge in [-0.2, -0.15) is 15.0 Å². The lowest BCUT2D eigenvalue weighted by Gasteiger charge is -2.32. The average Bonchev–Trinajstić information content (AvgIpc) is 3.39. The molecule has 0 spiro atoms. The second-order valence-corrected chi connectivity index (χ2v) is 9.08. The molecule has 4 heterocycles. The number of para-hydroxylation sites is 2. The van der Waals surface area contributed by atoms with Crippen LogP contribution in [-0.4, -0.2) is 83.7 Å². The number of hydrogen-bond donors (Lipinski definition) is 1. The molecular weight excluding hydrogens is 468 g/mol. The normalized spacial score (nSPS) is 17.9. The monoisotopic (exact) mass is 502 g/mol. The quantitative estimate of drug-likeness (QED) is 0.442. The van der Waals surface area contributed by atoms with Gasteiger partial charge in [0, 0.05) is 32.7 Å². The fourth-order valence-corrected chi connectivity index (χ4v) is 4.42. The first-order chi connectivity index (χ1) is 18.2. The number of nitrogens with one attached hydrogen (secondary N) is 1. The smallest absolute Gasteiger partial charge is 0.242 e. The molecule has 2 aliphatic rings. The SMILES string of the molecule is CC1CN(c2nc(N3CCOCC3)nc(-n3cnc4ccccc43)n2)CCO1.CNCc1ccccc1. The molecule has 10 heteroatoms. The van der Waals surface area contributed by atoms with Crippen LogP contribution in [0.5, 0.6) is 0 Å². The van der Waals surface area contributed by atoms with Crippen molar-refractivity contribution in [1.29, 1.82) is 0 Å². The molecule has 2 saturated heterocycles. The van der Waals surface area contributed by atoms with Gasteiger partial charge in [0.25, 0.3) is 0 Å². The van der Waals surface area contributed by atoms with Gasteiger partial charge in [-0.15, -0.1) is 0 Å². The maximum atomic E-state index is 5.68. The lowest BCUT2D eigenvalue weighted by Crippen LogP contribution is -2.43. The fraction of sp³-hybridized carbons (Fsp3) is 0.407. The van der Waals surface area contributed by atoms with Crippen LogP contribution in [0.3, 0.4) is 0 Å². The number of fused-ring (bicyclic) bond motifs is 1. The lowest BCUT2D eigenvalue weighted by atomic mass is 10.2. The van der Waals surface area contributed by atoms with E-state index in [1.165, 1.54) is 5.56 Å². The van der Waals surface area contributed by atoms with Gasteiger partial charge < -0.3 is 24.6 Å². The van der Waals surface area contributed by atoms with Crippen molar-refractivity contribution < 1.29 is 9.47 Å². The van der Waals surface area contributed by atoms with Gasteiger partial charge in [0.15, 0.2) is 0 Å². The first kappa shape index (κ1) is 25.1. The van der Waals surface area contributed by atoms with E-state index in [0.29, 0.717) is 37.7 Å². The number of anilines is 2. The maximum Gasteiger partial charge on any atom is 0.242 e. The van der Waals surface area contributed by atoms with Gasteiger partial charge in [-0.05, 0) is 31.7 Å². The van der Waals surface area contributed by atoms with Gasteiger partial charge in [-0.25, -0.2) is 4.98 Å². The Balaban J connectivity index is 0.000000265. The molecule has 2 fully saturated rings. The summed E-state index contributed by atoms with van der Waals surface area (Å²) >= 11 is 0. The van der Waals surface area contributed by atoms with Crippen LogP contribution in [0.25, 0.3) is 17.0 Å². The topological polar surface area (TPSA) is 93.5 Å². The third kappa shape index (κ3) is 6.22. The van der Waals surface area contributed by atoms with Crippen LogP contribution >= 0.6 is 0 Å². The highest BCUT2D eigenvalue weighted by molar-refractivity contribution is 5.76. The largest absolute Gasteiger partial charge is 0.378 e. The molecule has 0 amide bonds. The van der Waals surface area contributed by atoms with E-state index in [1.54, 1.807) is 6.33 Å². The van der Waals surface area contributed by atoms with Gasteiger partial charge in [-0.3, -0.25) is 4.57 Å². The molecular formula is C27H34N8O2. The Morgan fingerprint density at radius 1 is 0.838 bits per heavy atom. The third-order valence-electron chi connectivity index (χ3n) is 6.31. The highest BCUT2D eigenvalue weighted by Gasteiger charge is 2.23. The van der Waals surface area contributed by atoms with Crippen LogP contribution in [0.1, 0.15) is 12.5 Å². The molecule has 4 aromatic rings. The lowest BCUT2D eigenvalue weighted by molar-refractivity contribution is 0.0526. The third-order valence-corrected chi connectivity index (χ3v) is 6.31. The van der Waals surface area contributed by atoms with Gasteiger partial charge in [0.05, 0.1) is 37.0 Å². The van der Waals surface area contributed by atoms with Gasteiger partial charge in [-0.1, -0.05) is 42.5 Å². The van der Waals surface area contributed by atoms with Crippen LogP contribution in [0.4, 0.5) is 11.9 Å². The minimum atomic E-state index is 0.148. The summed E-state index contributed by atoms with van der Waals surface area (Å²) in [4.78, 5) is 23.2. The van der Waals surface area contributed by atoms with Gasteiger partial charge >= 0.3 is 0 Å². The molecule has 37 heavy (non-hydrogen) atoms. The van der Waals surface area contributed by atoms with Crippen LogP contribution in [0.2, 0.25) is 0 Å². The Morgan fingerprint density at radius 2 is 1.51 bits per heavy atom. The molecule has 0 saturated carbocycles. The molecule has 1 unspecified atom stereocenters. The Kier molecular flexibility index (Phi) is 8.19. The fourth-order valence-electron chi connectivity index (χ4n) is 4.42. The zero-order chi connectivity index (χ0) is 25.5. The van der Waals surface area contributed by atoms with Crippen molar-refractivity contribution in [1.82, 2.24) is 29.8 Å². The summed E-state index contributed by atoms with van der Waals surface area (Å²) in [6.07, 6.45) is 1.92. The van der Waals surface area contributed by atoms with Crippen LogP contribution in [0.15, 0.2) is 60.9 Å². The van der Waals surface area contributed by atoms with E-state index < -0.39 is 0 Å². The number of aromatic nitrogens is 5. The number of morpholine rings is 2. The summed E-state index contributed by atoms with van der Waals surface area (Å²) in [5.41, 5.74) is 3.22. The Labute approximate surface area is 217 Å². The van der Waals surface area contributed by atoms with Crippen molar-refractivity contribution in [3.8, 4) is 5.95 Å². The molecule has 1 N–H and O–H groups in total. The number of benzene rings is 2. The first-order valence-corrected chi connectivity index (χ1v) is 12.8. The molecule has 194 valence electrons. The van der Waals surface area contributed by atoms with E-state index >= 15 is 0 Å². The van der Waals surface area contributed by atoms with Crippen LogP contribution in [0, 0.1) is 0 Å². The molecule has 2 aromatic carbocycles. The Morgan fingerprint density at radius 3 is 2.27 bits per heavy atom. The molecule has 6 rings (SSSR count).